The molecule has 2 aromatic rings. The molecule has 1 aliphatic rings. The second kappa shape index (κ2) is 9.73. The van der Waals surface area contributed by atoms with Gasteiger partial charge in [0.25, 0.3) is 0 Å². The summed E-state index contributed by atoms with van der Waals surface area (Å²) in [5.41, 5.74) is 0.457. The van der Waals surface area contributed by atoms with Gasteiger partial charge in [-0.25, -0.2) is 13.2 Å². The minimum Gasteiger partial charge on any atom is -0.451 e. The highest BCUT2D eigenvalue weighted by Crippen LogP contribution is 2.28. The van der Waals surface area contributed by atoms with E-state index in [-0.39, 0.29) is 21.3 Å². The van der Waals surface area contributed by atoms with Crippen molar-refractivity contribution in [2.24, 2.45) is 0 Å². The van der Waals surface area contributed by atoms with E-state index in [4.69, 9.17) is 16.3 Å². The Balaban J connectivity index is 1.80. The Bertz CT molecular complexity index is 1020. The van der Waals surface area contributed by atoms with Gasteiger partial charge in [-0.3, -0.25) is 4.79 Å². The smallest absolute Gasteiger partial charge is 0.338 e. The van der Waals surface area contributed by atoms with Gasteiger partial charge in [0, 0.05) is 18.7 Å². The van der Waals surface area contributed by atoms with Gasteiger partial charge in [0.15, 0.2) is 6.10 Å². The molecule has 0 aromatic heterocycles. The summed E-state index contributed by atoms with van der Waals surface area (Å²) in [6.07, 6.45) is 2.54. The number of esters is 1. The van der Waals surface area contributed by atoms with Gasteiger partial charge in [-0.15, -0.1) is 0 Å². The van der Waals surface area contributed by atoms with Gasteiger partial charge < -0.3 is 4.74 Å². The Morgan fingerprint density at radius 1 is 0.967 bits per heavy atom. The van der Waals surface area contributed by atoms with Crippen LogP contribution in [-0.4, -0.2) is 43.7 Å². The third-order valence-electron chi connectivity index (χ3n) is 5.06. The maximum Gasteiger partial charge on any atom is 0.338 e. The van der Waals surface area contributed by atoms with Crippen LogP contribution in [0.25, 0.3) is 0 Å². The number of benzene rings is 2. The summed E-state index contributed by atoms with van der Waals surface area (Å²) in [5.74, 6) is -1.12. The first-order valence-corrected chi connectivity index (χ1v) is 11.7. The molecule has 1 unspecified atom stereocenters. The highest BCUT2D eigenvalue weighted by atomic mass is 35.5. The van der Waals surface area contributed by atoms with Gasteiger partial charge in [0.2, 0.25) is 15.8 Å². The predicted molar refractivity (Wildman–Crippen MR) is 114 cm³/mol. The van der Waals surface area contributed by atoms with Crippen LogP contribution in [0.5, 0.6) is 0 Å². The molecule has 30 heavy (non-hydrogen) atoms. The summed E-state index contributed by atoms with van der Waals surface area (Å²) in [7, 11) is -3.83. The van der Waals surface area contributed by atoms with E-state index in [0.29, 0.717) is 18.7 Å². The van der Waals surface area contributed by atoms with E-state index in [2.05, 4.69) is 0 Å². The second-order valence-electron chi connectivity index (χ2n) is 7.24. The number of nitrogens with zero attached hydrogens (tertiary/aromatic N) is 1. The fraction of sp³-hybridized carbons (Fsp3) is 0.364. The summed E-state index contributed by atoms with van der Waals surface area (Å²) >= 11 is 6.17. The van der Waals surface area contributed by atoms with E-state index >= 15 is 0 Å². The average molecular weight is 450 g/mol. The monoisotopic (exact) mass is 449 g/mol. The van der Waals surface area contributed by atoms with Gasteiger partial charge in [-0.05, 0) is 38.0 Å². The van der Waals surface area contributed by atoms with Gasteiger partial charge in [-0.1, -0.05) is 54.8 Å². The number of hydrogen-bond donors (Lipinski definition) is 0. The summed E-state index contributed by atoms with van der Waals surface area (Å²) < 4.78 is 32.9. The standard InChI is InChI=1S/C22H24ClNO5S/c1-16(21(25)17-9-5-4-6-10-17)29-22(26)18-11-12-19(23)20(15-18)30(27,28)24-13-7-2-3-8-14-24/h4-6,9-12,15-16H,2-3,7-8,13-14H2,1H3. The molecule has 0 spiro atoms. The van der Waals surface area contributed by atoms with E-state index in [9.17, 15) is 18.0 Å². The van der Waals surface area contributed by atoms with Crippen LogP contribution in [-0.2, 0) is 14.8 Å². The fourth-order valence-electron chi connectivity index (χ4n) is 3.37. The Morgan fingerprint density at radius 2 is 1.60 bits per heavy atom. The number of halogens is 1. The Hall–Kier alpha value is -2.22. The quantitative estimate of drug-likeness (QED) is 0.484. The largest absolute Gasteiger partial charge is 0.451 e. The molecule has 0 aliphatic carbocycles. The molecule has 1 aliphatic heterocycles. The molecule has 8 heteroatoms. The third-order valence-corrected chi connectivity index (χ3v) is 7.44. The molecule has 160 valence electrons. The van der Waals surface area contributed by atoms with Crippen molar-refractivity contribution in [3.63, 3.8) is 0 Å². The fourth-order valence-corrected chi connectivity index (χ4v) is 5.39. The molecule has 1 fully saturated rings. The van der Waals surface area contributed by atoms with E-state index in [1.54, 1.807) is 30.3 Å². The predicted octanol–water partition coefficient (Wildman–Crippen LogP) is 4.33. The molecule has 2 aromatic carbocycles. The molecular weight excluding hydrogens is 426 g/mol. The van der Waals surface area contributed by atoms with E-state index < -0.39 is 22.1 Å². The van der Waals surface area contributed by atoms with Crippen LogP contribution in [0, 0.1) is 0 Å². The summed E-state index contributed by atoms with van der Waals surface area (Å²) in [6.45, 7) is 2.34. The SMILES string of the molecule is CC(OC(=O)c1ccc(Cl)c(S(=O)(=O)N2CCCCCC2)c1)C(=O)c1ccccc1. The number of ketones is 1. The summed E-state index contributed by atoms with van der Waals surface area (Å²) in [5, 5.41) is 0.0456. The number of rotatable bonds is 6. The third kappa shape index (κ3) is 5.09. The lowest BCUT2D eigenvalue weighted by atomic mass is 10.1. The topological polar surface area (TPSA) is 80.8 Å². The molecule has 6 nitrogen and oxygen atoms in total. The van der Waals surface area contributed by atoms with Crippen LogP contribution < -0.4 is 0 Å². The Kier molecular flexibility index (Phi) is 7.28. The minimum atomic E-state index is -3.83. The molecule has 0 saturated carbocycles. The lowest BCUT2D eigenvalue weighted by molar-refractivity contribution is 0.0318. The van der Waals surface area contributed by atoms with Crippen molar-refractivity contribution in [1.29, 1.82) is 0 Å². The van der Waals surface area contributed by atoms with Crippen LogP contribution in [0.3, 0.4) is 0 Å². The van der Waals surface area contributed by atoms with Crippen molar-refractivity contribution in [2.75, 3.05) is 13.1 Å². The molecule has 3 rings (SSSR count). The van der Waals surface area contributed by atoms with Crippen molar-refractivity contribution in [3.05, 3.63) is 64.7 Å². The molecular formula is C22H24ClNO5S. The van der Waals surface area contributed by atoms with Crippen LogP contribution >= 0.6 is 11.6 Å². The molecule has 0 N–H and O–H groups in total. The Labute approximate surface area is 181 Å². The maximum absolute atomic E-state index is 13.1. The Morgan fingerprint density at radius 3 is 2.23 bits per heavy atom. The second-order valence-corrected chi connectivity index (χ2v) is 9.55. The first kappa shape index (κ1) is 22.5. The lowest BCUT2D eigenvalue weighted by Gasteiger charge is -2.21. The van der Waals surface area contributed by atoms with Crippen molar-refractivity contribution in [3.8, 4) is 0 Å². The van der Waals surface area contributed by atoms with Gasteiger partial charge in [0.1, 0.15) is 4.90 Å². The van der Waals surface area contributed by atoms with Crippen molar-refractivity contribution in [1.82, 2.24) is 4.31 Å². The van der Waals surface area contributed by atoms with Crippen molar-refractivity contribution < 1.29 is 22.7 Å². The zero-order valence-corrected chi connectivity index (χ0v) is 18.3. The van der Waals surface area contributed by atoms with Crippen LogP contribution in [0.15, 0.2) is 53.4 Å². The van der Waals surface area contributed by atoms with Crippen LogP contribution in [0.2, 0.25) is 5.02 Å². The van der Waals surface area contributed by atoms with E-state index in [0.717, 1.165) is 25.7 Å². The number of ether oxygens (including phenoxy) is 1. The zero-order chi connectivity index (χ0) is 21.7. The maximum atomic E-state index is 13.1. The normalized spacial score (nSPS) is 16.5. The number of sulfonamides is 1. The summed E-state index contributed by atoms with van der Waals surface area (Å²) in [4.78, 5) is 24.9. The number of carbonyl (C=O) groups is 2. The summed E-state index contributed by atoms with van der Waals surface area (Å²) in [6, 6.07) is 12.5. The number of Topliss-reactive ketones (excluding diaryl/α,β-unsaturated/α-hetero) is 1. The molecule has 1 atom stereocenters. The van der Waals surface area contributed by atoms with Crippen molar-refractivity contribution >= 4 is 33.4 Å². The van der Waals surface area contributed by atoms with Gasteiger partial charge in [0.05, 0.1) is 10.6 Å². The lowest BCUT2D eigenvalue weighted by Crippen LogP contribution is -2.32. The molecule has 1 heterocycles. The van der Waals surface area contributed by atoms with Gasteiger partial charge in [-0.2, -0.15) is 4.31 Å². The van der Waals surface area contributed by atoms with E-state index in [1.807, 2.05) is 0 Å². The highest BCUT2D eigenvalue weighted by Gasteiger charge is 2.29. The molecule has 0 bridgehead atoms. The van der Waals surface area contributed by atoms with Gasteiger partial charge >= 0.3 is 5.97 Å². The van der Waals surface area contributed by atoms with Crippen LogP contribution in [0.1, 0.15) is 53.3 Å². The minimum absolute atomic E-state index is 0.0282. The molecule has 0 radical (unpaired) electrons. The van der Waals surface area contributed by atoms with Crippen molar-refractivity contribution in [2.45, 2.75) is 43.6 Å². The highest BCUT2D eigenvalue weighted by molar-refractivity contribution is 7.89. The number of carbonyl (C=O) groups excluding carboxylic acids is 2. The number of hydrogen-bond acceptors (Lipinski definition) is 5. The first-order valence-electron chi connectivity index (χ1n) is 9.90. The first-order chi connectivity index (χ1) is 14.3. The molecule has 1 saturated heterocycles. The van der Waals surface area contributed by atoms with E-state index in [1.165, 1.54) is 29.4 Å². The zero-order valence-electron chi connectivity index (χ0n) is 16.7. The average Bonchev–Trinajstić information content (AvgIpc) is 3.04. The van der Waals surface area contributed by atoms with Crippen LogP contribution in [0.4, 0.5) is 0 Å². The molecule has 0 amide bonds.